The van der Waals surface area contributed by atoms with E-state index < -0.39 is 10.0 Å². The van der Waals surface area contributed by atoms with Crippen LogP contribution in [0.3, 0.4) is 0 Å². The average Bonchev–Trinajstić information content (AvgIpc) is 3.19. The molecule has 0 unspecified atom stereocenters. The van der Waals surface area contributed by atoms with Crippen LogP contribution in [0.4, 0.5) is 5.69 Å². The van der Waals surface area contributed by atoms with E-state index in [0.29, 0.717) is 34.4 Å². The molecule has 8 nitrogen and oxygen atoms in total. The Morgan fingerprint density at radius 1 is 1.16 bits per heavy atom. The number of oxazole rings is 1. The van der Waals surface area contributed by atoms with Crippen molar-refractivity contribution in [3.8, 4) is 0 Å². The predicted octanol–water partition coefficient (Wildman–Crippen LogP) is 3.17. The van der Waals surface area contributed by atoms with Gasteiger partial charge in [0.1, 0.15) is 5.52 Å². The van der Waals surface area contributed by atoms with Gasteiger partial charge in [0.15, 0.2) is 5.58 Å². The van der Waals surface area contributed by atoms with E-state index in [9.17, 15) is 13.2 Å². The molecule has 0 saturated carbocycles. The van der Waals surface area contributed by atoms with Crippen LogP contribution in [-0.2, 0) is 14.8 Å². The van der Waals surface area contributed by atoms with E-state index in [1.807, 2.05) is 29.2 Å². The maximum atomic E-state index is 12.7. The second-order valence-corrected chi connectivity index (χ2v) is 11.0. The molecule has 11 heteroatoms. The zero-order valence-corrected chi connectivity index (χ0v) is 20.1. The molecule has 0 atom stereocenters. The van der Waals surface area contributed by atoms with Gasteiger partial charge in [-0.05, 0) is 36.4 Å². The number of hydrogen-bond acceptors (Lipinski definition) is 7. The van der Waals surface area contributed by atoms with Crippen LogP contribution in [0.1, 0.15) is 0 Å². The highest BCUT2D eigenvalue weighted by molar-refractivity contribution is 7.99. The molecule has 1 saturated heterocycles. The fourth-order valence-corrected chi connectivity index (χ4v) is 5.27. The third kappa shape index (κ3) is 4.88. The van der Waals surface area contributed by atoms with E-state index in [4.69, 9.17) is 16.0 Å². The van der Waals surface area contributed by atoms with Gasteiger partial charge in [0.2, 0.25) is 15.9 Å². The lowest BCUT2D eigenvalue weighted by atomic mass is 10.2. The number of piperazine rings is 1. The zero-order valence-electron chi connectivity index (χ0n) is 17.7. The first kappa shape index (κ1) is 22.9. The van der Waals surface area contributed by atoms with Gasteiger partial charge in [-0.2, -0.15) is 0 Å². The molecular formula is C21H23ClN4O4S2. The second kappa shape index (κ2) is 9.30. The van der Waals surface area contributed by atoms with Gasteiger partial charge >= 0.3 is 0 Å². The number of thioether (sulfide) groups is 1. The molecular weight excluding hydrogens is 472 g/mol. The highest BCUT2D eigenvalue weighted by Crippen LogP contribution is 2.27. The van der Waals surface area contributed by atoms with Crippen molar-refractivity contribution in [2.45, 2.75) is 10.1 Å². The van der Waals surface area contributed by atoms with Crippen LogP contribution in [0.15, 0.2) is 57.0 Å². The number of amides is 1. The summed E-state index contributed by atoms with van der Waals surface area (Å²) < 4.78 is 31.4. The molecule has 1 fully saturated rings. The van der Waals surface area contributed by atoms with E-state index in [-0.39, 0.29) is 16.6 Å². The predicted molar refractivity (Wildman–Crippen MR) is 126 cm³/mol. The third-order valence-electron chi connectivity index (χ3n) is 5.24. The van der Waals surface area contributed by atoms with Crippen LogP contribution in [0.5, 0.6) is 0 Å². The number of rotatable bonds is 6. The third-order valence-corrected chi connectivity index (χ3v) is 8.10. The maximum absolute atomic E-state index is 12.7. The molecule has 0 N–H and O–H groups in total. The van der Waals surface area contributed by atoms with Crippen LogP contribution in [-0.4, -0.2) is 74.5 Å². The number of sulfonamides is 1. The number of benzene rings is 2. The molecule has 0 bridgehead atoms. The summed E-state index contributed by atoms with van der Waals surface area (Å²) in [5, 5.41) is 1.03. The van der Waals surface area contributed by atoms with Crippen molar-refractivity contribution >= 4 is 56.1 Å². The van der Waals surface area contributed by atoms with Gasteiger partial charge in [0.25, 0.3) is 5.22 Å². The lowest BCUT2D eigenvalue weighted by Gasteiger charge is -2.36. The Morgan fingerprint density at radius 3 is 2.59 bits per heavy atom. The van der Waals surface area contributed by atoms with Gasteiger partial charge in [-0.3, -0.25) is 4.79 Å². The van der Waals surface area contributed by atoms with E-state index in [0.717, 1.165) is 23.1 Å². The maximum Gasteiger partial charge on any atom is 0.257 e. The number of anilines is 1. The number of halogens is 1. The first-order valence-electron chi connectivity index (χ1n) is 9.98. The van der Waals surface area contributed by atoms with Crippen LogP contribution >= 0.6 is 23.4 Å². The minimum absolute atomic E-state index is 0.0128. The van der Waals surface area contributed by atoms with Crippen molar-refractivity contribution < 1.29 is 17.6 Å². The second-order valence-electron chi connectivity index (χ2n) is 7.53. The fraction of sp³-hybridized carbons (Fsp3) is 0.333. The summed E-state index contributed by atoms with van der Waals surface area (Å²) in [6, 6.07) is 12.3. The molecule has 4 rings (SSSR count). The summed E-state index contributed by atoms with van der Waals surface area (Å²) in [6.07, 6.45) is 0. The number of carbonyl (C=O) groups is 1. The highest BCUT2D eigenvalue weighted by atomic mass is 35.5. The van der Waals surface area contributed by atoms with Crippen LogP contribution in [0.25, 0.3) is 11.1 Å². The Kier molecular flexibility index (Phi) is 6.66. The molecule has 2 aromatic carbocycles. The van der Waals surface area contributed by atoms with Gasteiger partial charge in [-0.25, -0.2) is 17.7 Å². The molecule has 1 amide bonds. The SMILES string of the molecule is CN(C)S(=O)(=O)c1ccc2oc(SCC(=O)N3CCN(c4cccc(Cl)c4)CC3)nc2c1. The Balaban J connectivity index is 1.35. The minimum atomic E-state index is -3.55. The molecule has 1 aromatic heterocycles. The molecule has 1 aliphatic rings. The largest absolute Gasteiger partial charge is 0.431 e. The lowest BCUT2D eigenvalue weighted by molar-refractivity contribution is -0.128. The number of hydrogen-bond donors (Lipinski definition) is 0. The minimum Gasteiger partial charge on any atom is -0.431 e. The monoisotopic (exact) mass is 494 g/mol. The number of nitrogens with zero attached hydrogens (tertiary/aromatic N) is 4. The van der Waals surface area contributed by atoms with Crippen molar-refractivity contribution in [3.63, 3.8) is 0 Å². The van der Waals surface area contributed by atoms with E-state index in [1.54, 1.807) is 6.07 Å². The average molecular weight is 495 g/mol. The summed E-state index contributed by atoms with van der Waals surface area (Å²) in [5.41, 5.74) is 1.98. The first-order chi connectivity index (χ1) is 15.2. The Hall–Kier alpha value is -2.27. The lowest BCUT2D eigenvalue weighted by Crippen LogP contribution is -2.49. The van der Waals surface area contributed by atoms with Gasteiger partial charge in [-0.1, -0.05) is 29.4 Å². The molecule has 1 aliphatic heterocycles. The van der Waals surface area contributed by atoms with Crippen molar-refractivity contribution in [3.05, 3.63) is 47.5 Å². The van der Waals surface area contributed by atoms with Crippen molar-refractivity contribution in [2.75, 3.05) is 50.9 Å². The van der Waals surface area contributed by atoms with Crippen LogP contribution in [0, 0.1) is 0 Å². The van der Waals surface area contributed by atoms with Gasteiger partial charge < -0.3 is 14.2 Å². The topological polar surface area (TPSA) is 87.0 Å². The van der Waals surface area contributed by atoms with Crippen LogP contribution < -0.4 is 4.90 Å². The smallest absolute Gasteiger partial charge is 0.257 e. The van der Waals surface area contributed by atoms with Gasteiger partial charge in [0, 0.05) is 51.0 Å². The zero-order chi connectivity index (χ0) is 22.9. The van der Waals surface area contributed by atoms with E-state index in [1.165, 1.54) is 38.0 Å². The summed E-state index contributed by atoms with van der Waals surface area (Å²) in [7, 11) is -0.601. The molecule has 170 valence electrons. The Labute approximate surface area is 196 Å². The first-order valence-corrected chi connectivity index (χ1v) is 12.8. The number of fused-ring (bicyclic) bond motifs is 1. The van der Waals surface area contributed by atoms with E-state index >= 15 is 0 Å². The Morgan fingerprint density at radius 2 is 1.91 bits per heavy atom. The Bertz CT molecular complexity index is 1240. The quantitative estimate of drug-likeness (QED) is 0.486. The molecule has 0 radical (unpaired) electrons. The molecule has 32 heavy (non-hydrogen) atoms. The van der Waals surface area contributed by atoms with Crippen LogP contribution in [0.2, 0.25) is 5.02 Å². The normalized spacial score (nSPS) is 15.0. The molecule has 2 heterocycles. The van der Waals surface area contributed by atoms with Crippen molar-refractivity contribution in [1.29, 1.82) is 0 Å². The van der Waals surface area contributed by atoms with E-state index in [2.05, 4.69) is 9.88 Å². The van der Waals surface area contributed by atoms with Gasteiger partial charge in [0.05, 0.1) is 10.6 Å². The summed E-state index contributed by atoms with van der Waals surface area (Å²) >= 11 is 7.28. The standard InChI is InChI=1S/C21H23ClN4O4S2/c1-24(2)32(28,29)17-6-7-19-18(13-17)23-21(30-19)31-14-20(27)26-10-8-25(9-11-26)16-5-3-4-15(22)12-16/h3-7,12-13H,8-11,14H2,1-2H3. The van der Waals surface area contributed by atoms with Gasteiger partial charge in [-0.15, -0.1) is 0 Å². The molecule has 0 aliphatic carbocycles. The summed E-state index contributed by atoms with van der Waals surface area (Å²) in [4.78, 5) is 21.2. The fourth-order valence-electron chi connectivity index (χ4n) is 3.42. The van der Waals surface area contributed by atoms with Crippen molar-refractivity contribution in [2.24, 2.45) is 0 Å². The molecule has 0 spiro atoms. The number of aromatic nitrogens is 1. The highest BCUT2D eigenvalue weighted by Gasteiger charge is 2.23. The number of carbonyl (C=O) groups excluding carboxylic acids is 1. The van der Waals surface area contributed by atoms with Crippen molar-refractivity contribution in [1.82, 2.24) is 14.2 Å². The summed E-state index contributed by atoms with van der Waals surface area (Å²) in [6.45, 7) is 2.74. The summed E-state index contributed by atoms with van der Waals surface area (Å²) in [5.74, 6) is 0.214. The molecule has 3 aromatic rings.